The molecule has 0 unspecified atom stereocenters. The van der Waals surface area contributed by atoms with Gasteiger partial charge in [0.25, 0.3) is 0 Å². The summed E-state index contributed by atoms with van der Waals surface area (Å²) in [7, 11) is 1.71. The molecule has 0 aliphatic carbocycles. The van der Waals surface area contributed by atoms with Gasteiger partial charge in [-0.1, -0.05) is 12.1 Å². The van der Waals surface area contributed by atoms with E-state index in [4.69, 9.17) is 4.74 Å². The van der Waals surface area contributed by atoms with Crippen LogP contribution in [-0.2, 0) is 16.0 Å². The van der Waals surface area contributed by atoms with Crippen molar-refractivity contribution in [1.82, 2.24) is 4.90 Å². The Hall–Kier alpha value is -2.13. The van der Waals surface area contributed by atoms with Crippen LogP contribution < -0.4 is 0 Å². The minimum Gasteiger partial charge on any atom is -0.444 e. The van der Waals surface area contributed by atoms with E-state index in [-0.39, 0.29) is 6.09 Å². The third-order valence-electron chi connectivity index (χ3n) is 2.55. The highest BCUT2D eigenvalue weighted by atomic mass is 16.6. The van der Waals surface area contributed by atoms with E-state index in [2.05, 4.69) is 4.99 Å². The zero-order valence-corrected chi connectivity index (χ0v) is 12.3. The quantitative estimate of drug-likeness (QED) is 0.627. The van der Waals surface area contributed by atoms with E-state index in [0.717, 1.165) is 5.56 Å². The van der Waals surface area contributed by atoms with Crippen LogP contribution in [-0.4, -0.2) is 36.3 Å². The van der Waals surface area contributed by atoms with E-state index >= 15 is 0 Å². The Labute approximate surface area is 119 Å². The summed E-state index contributed by atoms with van der Waals surface area (Å²) in [6.45, 7) is 6.08. The van der Waals surface area contributed by atoms with Gasteiger partial charge in [0.15, 0.2) is 0 Å². The number of carbonyl (C=O) groups excluding carboxylic acids is 2. The Morgan fingerprint density at radius 2 is 1.90 bits per heavy atom. The Morgan fingerprint density at radius 1 is 1.30 bits per heavy atom. The number of hydrogen-bond acceptors (Lipinski definition) is 4. The standard InChI is InChI=1S/C15H20N2O3/c1-15(2,3)20-14(19)17(4)10-9-12-5-7-13(8-6-12)16-11-18/h5-8H,9-10H2,1-4H3. The molecule has 0 saturated heterocycles. The van der Waals surface area contributed by atoms with E-state index in [9.17, 15) is 9.59 Å². The molecule has 0 heterocycles. The molecule has 0 fully saturated rings. The van der Waals surface area contributed by atoms with Crippen LogP contribution in [0.1, 0.15) is 26.3 Å². The first-order chi connectivity index (χ1) is 9.31. The van der Waals surface area contributed by atoms with Crippen molar-refractivity contribution < 1.29 is 14.3 Å². The molecule has 1 aromatic rings. The monoisotopic (exact) mass is 276 g/mol. The summed E-state index contributed by atoms with van der Waals surface area (Å²) >= 11 is 0. The molecule has 1 aromatic carbocycles. The second kappa shape index (κ2) is 6.87. The lowest BCUT2D eigenvalue weighted by molar-refractivity contribution is 0.0301. The van der Waals surface area contributed by atoms with Gasteiger partial charge >= 0.3 is 6.09 Å². The Morgan fingerprint density at radius 3 is 2.40 bits per heavy atom. The summed E-state index contributed by atoms with van der Waals surface area (Å²) in [6, 6.07) is 7.24. The number of benzene rings is 1. The average Bonchev–Trinajstić information content (AvgIpc) is 2.36. The predicted octanol–water partition coefficient (Wildman–Crippen LogP) is 3.06. The first-order valence-electron chi connectivity index (χ1n) is 6.43. The third kappa shape index (κ3) is 5.67. The molecule has 5 heteroatoms. The number of hydrogen-bond donors (Lipinski definition) is 0. The molecule has 1 amide bonds. The van der Waals surface area contributed by atoms with E-state index in [1.54, 1.807) is 24.1 Å². The fourth-order valence-electron chi connectivity index (χ4n) is 1.52. The van der Waals surface area contributed by atoms with Crippen molar-refractivity contribution in [3.05, 3.63) is 29.8 Å². The van der Waals surface area contributed by atoms with Crippen molar-refractivity contribution in [3.63, 3.8) is 0 Å². The van der Waals surface area contributed by atoms with E-state index in [0.29, 0.717) is 18.7 Å². The molecule has 0 saturated carbocycles. The fourth-order valence-corrected chi connectivity index (χ4v) is 1.52. The number of isocyanates is 1. The van der Waals surface area contributed by atoms with Crippen molar-refractivity contribution in [2.24, 2.45) is 4.99 Å². The normalized spacial score (nSPS) is 10.6. The number of likely N-dealkylation sites (N-methyl/N-ethyl adjacent to an activating group) is 1. The number of ether oxygens (including phenoxy) is 1. The van der Waals surface area contributed by atoms with Crippen molar-refractivity contribution in [3.8, 4) is 0 Å². The van der Waals surface area contributed by atoms with Gasteiger partial charge in [-0.3, -0.25) is 0 Å². The fraction of sp³-hybridized carbons (Fsp3) is 0.467. The summed E-state index contributed by atoms with van der Waals surface area (Å²) in [6.07, 6.45) is 1.87. The van der Waals surface area contributed by atoms with Gasteiger partial charge in [0.05, 0.1) is 5.69 Å². The highest BCUT2D eigenvalue weighted by molar-refractivity contribution is 5.67. The van der Waals surface area contributed by atoms with Gasteiger partial charge in [-0.15, -0.1) is 0 Å². The van der Waals surface area contributed by atoms with Gasteiger partial charge < -0.3 is 9.64 Å². The zero-order chi connectivity index (χ0) is 15.2. The summed E-state index contributed by atoms with van der Waals surface area (Å²) < 4.78 is 5.27. The lowest BCUT2D eigenvalue weighted by Gasteiger charge is -2.24. The maximum absolute atomic E-state index is 11.8. The maximum atomic E-state index is 11.8. The van der Waals surface area contributed by atoms with Crippen LogP contribution in [0.15, 0.2) is 29.3 Å². The second-order valence-corrected chi connectivity index (χ2v) is 5.52. The van der Waals surface area contributed by atoms with Gasteiger partial charge in [-0.25, -0.2) is 9.59 Å². The molecular formula is C15H20N2O3. The first kappa shape index (κ1) is 15.9. The van der Waals surface area contributed by atoms with E-state index < -0.39 is 5.60 Å². The topological polar surface area (TPSA) is 59.0 Å². The molecule has 0 aliphatic rings. The molecule has 0 aliphatic heterocycles. The van der Waals surface area contributed by atoms with Gasteiger partial charge in [0.2, 0.25) is 6.08 Å². The smallest absolute Gasteiger partial charge is 0.410 e. The van der Waals surface area contributed by atoms with Crippen LogP contribution in [0, 0.1) is 0 Å². The Kier molecular flexibility index (Phi) is 5.47. The number of carbonyl (C=O) groups is 1. The number of aliphatic imine (C=N–C) groups is 1. The van der Waals surface area contributed by atoms with Crippen molar-refractivity contribution in [2.75, 3.05) is 13.6 Å². The van der Waals surface area contributed by atoms with Crippen molar-refractivity contribution in [2.45, 2.75) is 32.8 Å². The lowest BCUT2D eigenvalue weighted by Crippen LogP contribution is -2.35. The minimum absolute atomic E-state index is 0.334. The van der Waals surface area contributed by atoms with Crippen LogP contribution >= 0.6 is 0 Å². The predicted molar refractivity (Wildman–Crippen MR) is 76.8 cm³/mol. The molecule has 0 N–H and O–H groups in total. The largest absolute Gasteiger partial charge is 0.444 e. The maximum Gasteiger partial charge on any atom is 0.410 e. The van der Waals surface area contributed by atoms with E-state index in [1.807, 2.05) is 32.9 Å². The Bertz CT molecular complexity index is 497. The summed E-state index contributed by atoms with van der Waals surface area (Å²) in [5, 5.41) is 0. The van der Waals surface area contributed by atoms with E-state index in [1.165, 1.54) is 6.08 Å². The van der Waals surface area contributed by atoms with Crippen molar-refractivity contribution in [1.29, 1.82) is 0 Å². The molecule has 0 aromatic heterocycles. The molecule has 5 nitrogen and oxygen atoms in total. The second-order valence-electron chi connectivity index (χ2n) is 5.52. The molecule has 0 bridgehead atoms. The minimum atomic E-state index is -0.486. The van der Waals surface area contributed by atoms with Gasteiger partial charge in [-0.2, -0.15) is 4.99 Å². The zero-order valence-electron chi connectivity index (χ0n) is 12.3. The van der Waals surface area contributed by atoms with Crippen LogP contribution in [0.5, 0.6) is 0 Å². The van der Waals surface area contributed by atoms with Gasteiger partial charge in [0.1, 0.15) is 5.60 Å². The van der Waals surface area contributed by atoms with Crippen LogP contribution in [0.3, 0.4) is 0 Å². The molecule has 1 rings (SSSR count). The van der Waals surface area contributed by atoms with Crippen LogP contribution in [0.25, 0.3) is 0 Å². The summed E-state index contributed by atoms with van der Waals surface area (Å²) in [5.41, 5.74) is 1.15. The van der Waals surface area contributed by atoms with Crippen LogP contribution in [0.4, 0.5) is 10.5 Å². The van der Waals surface area contributed by atoms with Gasteiger partial charge in [0, 0.05) is 13.6 Å². The molecular weight excluding hydrogens is 256 g/mol. The Balaban J connectivity index is 2.50. The first-order valence-corrected chi connectivity index (χ1v) is 6.43. The molecule has 0 atom stereocenters. The number of rotatable bonds is 4. The molecule has 0 spiro atoms. The molecule has 20 heavy (non-hydrogen) atoms. The number of nitrogens with zero attached hydrogens (tertiary/aromatic N) is 2. The average molecular weight is 276 g/mol. The SMILES string of the molecule is CN(CCc1ccc(N=C=O)cc1)C(=O)OC(C)(C)C. The molecule has 108 valence electrons. The lowest BCUT2D eigenvalue weighted by atomic mass is 10.1. The summed E-state index contributed by atoms with van der Waals surface area (Å²) in [5.74, 6) is 0. The van der Waals surface area contributed by atoms with Crippen LogP contribution in [0.2, 0.25) is 0 Å². The highest BCUT2D eigenvalue weighted by Crippen LogP contribution is 2.13. The summed E-state index contributed by atoms with van der Waals surface area (Å²) in [4.78, 5) is 26.9. The molecule has 0 radical (unpaired) electrons. The third-order valence-corrected chi connectivity index (χ3v) is 2.55. The van der Waals surface area contributed by atoms with Gasteiger partial charge in [-0.05, 0) is 44.9 Å². The highest BCUT2D eigenvalue weighted by Gasteiger charge is 2.19. The van der Waals surface area contributed by atoms with Crippen molar-refractivity contribution >= 4 is 17.9 Å². The number of amides is 1.